The van der Waals surface area contributed by atoms with E-state index in [0.29, 0.717) is 10.5 Å². The molecule has 0 saturated carbocycles. The fraction of sp³-hybridized carbons (Fsp3) is 0. The summed E-state index contributed by atoms with van der Waals surface area (Å²) in [4.78, 5) is 7.46. The Balaban J connectivity index is 2.35. The lowest BCUT2D eigenvalue weighted by Crippen LogP contribution is -1.94. The molecule has 0 N–H and O–H groups in total. The van der Waals surface area contributed by atoms with Gasteiger partial charge in [0.25, 0.3) is 0 Å². The summed E-state index contributed by atoms with van der Waals surface area (Å²) >= 11 is 8.81. The molecule has 2 rings (SSSR count). The molecule has 7 heteroatoms. The minimum absolute atomic E-state index is 0.0514. The molecule has 1 aromatic carbocycles. The highest BCUT2D eigenvalue weighted by Crippen LogP contribution is 2.32. The van der Waals surface area contributed by atoms with Crippen molar-refractivity contribution in [2.75, 3.05) is 0 Å². The van der Waals surface area contributed by atoms with Crippen LogP contribution in [0.1, 0.15) is 0 Å². The number of benzene rings is 1. The molecule has 88 valence electrons. The maximum atomic E-state index is 13.3. The van der Waals surface area contributed by atoms with Gasteiger partial charge in [-0.2, -0.15) is 0 Å². The summed E-state index contributed by atoms with van der Waals surface area (Å²) in [6, 6.07) is 2.95. The zero-order valence-corrected chi connectivity index (χ0v) is 10.5. The van der Waals surface area contributed by atoms with Crippen molar-refractivity contribution in [2.45, 2.75) is 0 Å². The van der Waals surface area contributed by atoms with Gasteiger partial charge in [-0.25, -0.2) is 18.7 Å². The topological polar surface area (TPSA) is 35.0 Å². The lowest BCUT2D eigenvalue weighted by molar-refractivity contribution is 0.420. The van der Waals surface area contributed by atoms with Crippen molar-refractivity contribution in [1.29, 1.82) is 0 Å². The smallest absolute Gasteiger partial charge is 0.238 e. The van der Waals surface area contributed by atoms with E-state index in [-0.39, 0.29) is 16.8 Å². The van der Waals surface area contributed by atoms with Crippen molar-refractivity contribution in [3.8, 4) is 11.6 Å². The Morgan fingerprint density at radius 1 is 1.24 bits per heavy atom. The van der Waals surface area contributed by atoms with Crippen molar-refractivity contribution < 1.29 is 13.5 Å². The summed E-state index contributed by atoms with van der Waals surface area (Å²) < 4.78 is 31.4. The van der Waals surface area contributed by atoms with Crippen LogP contribution in [0.15, 0.2) is 29.0 Å². The minimum Gasteiger partial charge on any atom is -0.435 e. The number of halogens is 4. The van der Waals surface area contributed by atoms with Crippen molar-refractivity contribution in [3.05, 3.63) is 45.8 Å². The van der Waals surface area contributed by atoms with Crippen LogP contribution in [-0.2, 0) is 0 Å². The third-order valence-corrected chi connectivity index (χ3v) is 3.05. The summed E-state index contributed by atoms with van der Waals surface area (Å²) in [5.74, 6) is -1.61. The predicted molar refractivity (Wildman–Crippen MR) is 61.2 cm³/mol. The molecule has 2 aromatic rings. The number of nitrogens with zero attached hydrogens (tertiary/aromatic N) is 2. The molecule has 0 aliphatic carbocycles. The molecule has 1 aromatic heterocycles. The van der Waals surface area contributed by atoms with Crippen LogP contribution >= 0.6 is 27.5 Å². The lowest BCUT2D eigenvalue weighted by atomic mass is 10.3. The Morgan fingerprint density at radius 2 is 2.00 bits per heavy atom. The maximum Gasteiger partial charge on any atom is 0.238 e. The van der Waals surface area contributed by atoms with E-state index in [1.165, 1.54) is 6.33 Å². The quantitative estimate of drug-likeness (QED) is 0.785. The van der Waals surface area contributed by atoms with Crippen LogP contribution in [0.4, 0.5) is 8.78 Å². The monoisotopic (exact) mass is 320 g/mol. The van der Waals surface area contributed by atoms with Crippen LogP contribution in [0.5, 0.6) is 11.6 Å². The Kier molecular flexibility index (Phi) is 3.54. The van der Waals surface area contributed by atoms with Gasteiger partial charge in [-0.1, -0.05) is 11.6 Å². The molecule has 0 atom stereocenters. The van der Waals surface area contributed by atoms with Gasteiger partial charge in [0.1, 0.15) is 16.6 Å². The molecule has 1 heterocycles. The lowest BCUT2D eigenvalue weighted by Gasteiger charge is -2.07. The van der Waals surface area contributed by atoms with Crippen molar-refractivity contribution in [3.63, 3.8) is 0 Å². The zero-order chi connectivity index (χ0) is 12.4. The number of rotatable bonds is 2. The van der Waals surface area contributed by atoms with E-state index < -0.39 is 11.6 Å². The third-order valence-electron chi connectivity index (χ3n) is 1.82. The van der Waals surface area contributed by atoms with E-state index >= 15 is 0 Å². The number of hydrogen-bond donors (Lipinski definition) is 0. The summed E-state index contributed by atoms with van der Waals surface area (Å²) in [5, 5.41) is 0.137. The van der Waals surface area contributed by atoms with E-state index in [1.807, 2.05) is 0 Å². The minimum atomic E-state index is -0.827. The van der Waals surface area contributed by atoms with Gasteiger partial charge < -0.3 is 4.74 Å². The molecule has 0 bridgehead atoms. The normalized spacial score (nSPS) is 10.4. The fourth-order valence-electron chi connectivity index (χ4n) is 1.07. The molecule has 0 amide bonds. The average molecular weight is 322 g/mol. The SMILES string of the molecule is Fc1ccc(Oc2ncnc(Cl)c2Br)c(F)c1. The second-order valence-corrected chi connectivity index (χ2v) is 4.11. The Hall–Kier alpha value is -1.27. The summed E-state index contributed by atoms with van der Waals surface area (Å²) in [6.07, 6.45) is 1.17. The van der Waals surface area contributed by atoms with Gasteiger partial charge in [0.15, 0.2) is 16.7 Å². The van der Waals surface area contributed by atoms with Gasteiger partial charge >= 0.3 is 0 Å². The molecule has 0 spiro atoms. The van der Waals surface area contributed by atoms with Crippen molar-refractivity contribution >= 4 is 27.5 Å². The Morgan fingerprint density at radius 3 is 2.71 bits per heavy atom. The molecular weight excluding hydrogens is 317 g/mol. The molecule has 3 nitrogen and oxygen atoms in total. The van der Waals surface area contributed by atoms with Gasteiger partial charge in [-0.15, -0.1) is 0 Å². The van der Waals surface area contributed by atoms with Crippen LogP contribution in [0, 0.1) is 11.6 Å². The zero-order valence-electron chi connectivity index (χ0n) is 8.12. The van der Waals surface area contributed by atoms with Gasteiger partial charge in [0, 0.05) is 6.07 Å². The van der Waals surface area contributed by atoms with Crippen LogP contribution in [-0.4, -0.2) is 9.97 Å². The highest BCUT2D eigenvalue weighted by Gasteiger charge is 2.12. The Bertz CT molecular complexity index is 568. The fourth-order valence-corrected chi connectivity index (χ4v) is 1.48. The largest absolute Gasteiger partial charge is 0.435 e. The van der Waals surface area contributed by atoms with Gasteiger partial charge in [0.2, 0.25) is 5.88 Å². The molecule has 0 radical (unpaired) electrons. The maximum absolute atomic E-state index is 13.3. The third kappa shape index (κ3) is 2.70. The highest BCUT2D eigenvalue weighted by molar-refractivity contribution is 9.10. The van der Waals surface area contributed by atoms with Gasteiger partial charge in [0.05, 0.1) is 0 Å². The molecule has 0 aliphatic heterocycles. The van der Waals surface area contributed by atoms with Gasteiger partial charge in [-0.3, -0.25) is 0 Å². The van der Waals surface area contributed by atoms with Crippen molar-refractivity contribution in [1.82, 2.24) is 9.97 Å². The van der Waals surface area contributed by atoms with Crippen LogP contribution in [0.3, 0.4) is 0 Å². The number of hydrogen-bond acceptors (Lipinski definition) is 3. The molecule has 0 saturated heterocycles. The average Bonchev–Trinajstić information content (AvgIpc) is 2.28. The molecule has 17 heavy (non-hydrogen) atoms. The first kappa shape index (κ1) is 12.2. The van der Waals surface area contributed by atoms with Gasteiger partial charge in [-0.05, 0) is 28.1 Å². The van der Waals surface area contributed by atoms with E-state index in [2.05, 4.69) is 25.9 Å². The molecule has 0 fully saturated rings. The van der Waals surface area contributed by atoms with Crippen LogP contribution in [0.25, 0.3) is 0 Å². The van der Waals surface area contributed by atoms with E-state index in [9.17, 15) is 8.78 Å². The second kappa shape index (κ2) is 4.93. The highest BCUT2D eigenvalue weighted by atomic mass is 79.9. The van der Waals surface area contributed by atoms with Crippen molar-refractivity contribution in [2.24, 2.45) is 0 Å². The molecule has 0 aliphatic rings. The number of aromatic nitrogens is 2. The van der Waals surface area contributed by atoms with Crippen LogP contribution in [0.2, 0.25) is 5.15 Å². The first-order valence-corrected chi connectivity index (χ1v) is 5.54. The van der Waals surface area contributed by atoms with E-state index in [0.717, 1.165) is 12.1 Å². The molecular formula is C10H4BrClF2N2O. The molecule has 0 unspecified atom stereocenters. The standard InChI is InChI=1S/C10H4BrClF2N2O/c11-8-9(12)15-4-16-10(8)17-7-2-1-5(13)3-6(7)14/h1-4H. The first-order valence-electron chi connectivity index (χ1n) is 4.37. The second-order valence-electron chi connectivity index (χ2n) is 2.96. The summed E-state index contributed by atoms with van der Waals surface area (Å²) in [6.45, 7) is 0. The number of ether oxygens (including phenoxy) is 1. The van der Waals surface area contributed by atoms with E-state index in [1.54, 1.807) is 0 Å². The summed E-state index contributed by atoms with van der Waals surface area (Å²) in [7, 11) is 0. The Labute approximate surface area is 109 Å². The first-order chi connectivity index (χ1) is 8.08. The van der Waals surface area contributed by atoms with Crippen LogP contribution < -0.4 is 4.74 Å². The summed E-state index contributed by atoms with van der Waals surface area (Å²) in [5.41, 5.74) is 0. The van der Waals surface area contributed by atoms with E-state index in [4.69, 9.17) is 16.3 Å². The predicted octanol–water partition coefficient (Wildman–Crippen LogP) is 3.96.